The van der Waals surface area contributed by atoms with Crippen LogP contribution in [0, 0.1) is 13.8 Å². The molecule has 1 atom stereocenters. The minimum atomic E-state index is -0.626. The Hall–Kier alpha value is -1.82. The third kappa shape index (κ3) is 4.47. The summed E-state index contributed by atoms with van der Waals surface area (Å²) in [4.78, 5) is 24.6. The summed E-state index contributed by atoms with van der Waals surface area (Å²) in [6.45, 7) is 6.01. The third-order valence-corrected chi connectivity index (χ3v) is 4.86. The molecule has 1 heterocycles. The molecule has 1 aromatic carbocycles. The zero-order valence-corrected chi connectivity index (χ0v) is 16.6. The van der Waals surface area contributed by atoms with E-state index in [0.29, 0.717) is 17.2 Å². The van der Waals surface area contributed by atoms with E-state index >= 15 is 0 Å². The molecule has 0 aliphatic rings. The van der Waals surface area contributed by atoms with Gasteiger partial charge in [0.2, 0.25) is 5.78 Å². The van der Waals surface area contributed by atoms with Crippen LogP contribution in [-0.2, 0) is 9.47 Å². The standard InChI is InChI=1S/C19H21Cl2NO4/c1-11-7-15(13(3)22(11)12(2)9-25-4)18(23)10-26-19(24)14-5-6-16(20)17(21)8-14/h5-8,12H,9-10H2,1-4H3/t12-/m1/s1. The van der Waals surface area contributed by atoms with E-state index in [4.69, 9.17) is 32.7 Å². The van der Waals surface area contributed by atoms with E-state index in [9.17, 15) is 9.59 Å². The van der Waals surface area contributed by atoms with Gasteiger partial charge in [-0.25, -0.2) is 4.79 Å². The summed E-state index contributed by atoms with van der Waals surface area (Å²) in [5.41, 5.74) is 2.55. The van der Waals surface area contributed by atoms with Gasteiger partial charge in [0, 0.05) is 24.1 Å². The number of esters is 1. The molecule has 0 radical (unpaired) electrons. The Morgan fingerprint density at radius 3 is 2.46 bits per heavy atom. The Kier molecular flexibility index (Phi) is 6.87. The number of rotatable bonds is 7. The zero-order chi connectivity index (χ0) is 19.4. The quantitative estimate of drug-likeness (QED) is 0.503. The van der Waals surface area contributed by atoms with Crippen LogP contribution < -0.4 is 0 Å². The first kappa shape index (κ1) is 20.5. The molecule has 140 valence electrons. The highest BCUT2D eigenvalue weighted by Gasteiger charge is 2.20. The Labute approximate surface area is 162 Å². The number of Topliss-reactive ketones (excluding diaryl/α,β-unsaturated/α-hetero) is 1. The van der Waals surface area contributed by atoms with Crippen LogP contribution in [0.2, 0.25) is 10.0 Å². The molecule has 0 bridgehead atoms. The van der Waals surface area contributed by atoms with E-state index < -0.39 is 5.97 Å². The predicted octanol–water partition coefficient (Wildman–Crippen LogP) is 4.66. The Balaban J connectivity index is 2.09. The van der Waals surface area contributed by atoms with Crippen molar-refractivity contribution in [3.05, 3.63) is 56.8 Å². The van der Waals surface area contributed by atoms with E-state index in [1.54, 1.807) is 13.2 Å². The molecule has 2 aromatic rings. The van der Waals surface area contributed by atoms with Crippen LogP contribution in [-0.4, -0.2) is 36.6 Å². The maximum atomic E-state index is 12.5. The maximum absolute atomic E-state index is 12.5. The van der Waals surface area contributed by atoms with Crippen LogP contribution in [0.1, 0.15) is 45.1 Å². The van der Waals surface area contributed by atoms with Gasteiger partial charge in [-0.3, -0.25) is 4.79 Å². The molecular weight excluding hydrogens is 377 g/mol. The molecule has 0 saturated heterocycles. The average molecular weight is 398 g/mol. The number of carbonyl (C=O) groups excluding carboxylic acids is 2. The van der Waals surface area contributed by atoms with Crippen LogP contribution in [0.3, 0.4) is 0 Å². The summed E-state index contributed by atoms with van der Waals surface area (Å²) >= 11 is 11.7. The van der Waals surface area contributed by atoms with Crippen LogP contribution in [0.5, 0.6) is 0 Å². The molecule has 0 unspecified atom stereocenters. The number of hydrogen-bond acceptors (Lipinski definition) is 4. The lowest BCUT2D eigenvalue weighted by Crippen LogP contribution is -2.17. The molecule has 0 spiro atoms. The van der Waals surface area contributed by atoms with Gasteiger partial charge in [-0.05, 0) is 45.0 Å². The molecule has 0 N–H and O–H groups in total. The number of benzene rings is 1. The fraction of sp³-hybridized carbons (Fsp3) is 0.368. The zero-order valence-electron chi connectivity index (χ0n) is 15.1. The summed E-state index contributed by atoms with van der Waals surface area (Å²) in [5.74, 6) is -0.888. The second-order valence-electron chi connectivity index (χ2n) is 6.09. The van der Waals surface area contributed by atoms with Crippen LogP contribution in [0.15, 0.2) is 24.3 Å². The van der Waals surface area contributed by atoms with Gasteiger partial charge in [0.15, 0.2) is 6.61 Å². The highest BCUT2D eigenvalue weighted by Crippen LogP contribution is 2.24. The summed E-state index contributed by atoms with van der Waals surface area (Å²) in [7, 11) is 1.64. The van der Waals surface area contributed by atoms with Crippen molar-refractivity contribution in [2.75, 3.05) is 20.3 Å². The molecule has 26 heavy (non-hydrogen) atoms. The molecule has 0 saturated carbocycles. The maximum Gasteiger partial charge on any atom is 0.338 e. The monoisotopic (exact) mass is 397 g/mol. The number of nitrogens with zero attached hydrogens (tertiary/aromatic N) is 1. The van der Waals surface area contributed by atoms with Gasteiger partial charge in [-0.1, -0.05) is 23.2 Å². The molecule has 0 amide bonds. The average Bonchev–Trinajstić information content (AvgIpc) is 2.89. The number of ketones is 1. The van der Waals surface area contributed by atoms with Gasteiger partial charge in [-0.2, -0.15) is 0 Å². The van der Waals surface area contributed by atoms with Crippen LogP contribution >= 0.6 is 23.2 Å². The van der Waals surface area contributed by atoms with E-state index in [2.05, 4.69) is 0 Å². The number of ether oxygens (including phenoxy) is 2. The van der Waals surface area contributed by atoms with E-state index in [1.165, 1.54) is 18.2 Å². The minimum Gasteiger partial charge on any atom is -0.454 e. The first-order chi connectivity index (χ1) is 12.3. The molecule has 0 aliphatic heterocycles. The molecule has 5 nitrogen and oxygen atoms in total. The van der Waals surface area contributed by atoms with Crippen molar-refractivity contribution >= 4 is 35.0 Å². The number of carbonyl (C=O) groups is 2. The lowest BCUT2D eigenvalue weighted by molar-refractivity contribution is 0.0474. The fourth-order valence-electron chi connectivity index (χ4n) is 2.97. The van der Waals surface area contributed by atoms with Gasteiger partial charge < -0.3 is 14.0 Å². The molecule has 0 fully saturated rings. The summed E-state index contributed by atoms with van der Waals surface area (Å²) in [5, 5.41) is 0.597. The van der Waals surface area contributed by atoms with E-state index in [-0.39, 0.29) is 29.0 Å². The molecular formula is C19H21Cl2NO4. The van der Waals surface area contributed by atoms with Crippen molar-refractivity contribution in [3.63, 3.8) is 0 Å². The number of aromatic nitrogens is 1. The SMILES string of the molecule is COC[C@@H](C)n1c(C)cc(C(=O)COC(=O)c2ccc(Cl)c(Cl)c2)c1C. The summed E-state index contributed by atoms with van der Waals surface area (Å²) in [6, 6.07) is 6.32. The van der Waals surface area contributed by atoms with Crippen molar-refractivity contribution in [3.8, 4) is 0 Å². The smallest absolute Gasteiger partial charge is 0.338 e. The van der Waals surface area contributed by atoms with E-state index in [0.717, 1.165) is 11.4 Å². The first-order valence-electron chi connectivity index (χ1n) is 8.09. The summed E-state index contributed by atoms with van der Waals surface area (Å²) < 4.78 is 12.4. The Bertz CT molecular complexity index is 829. The summed E-state index contributed by atoms with van der Waals surface area (Å²) in [6.07, 6.45) is 0. The number of aryl methyl sites for hydroxylation is 1. The van der Waals surface area contributed by atoms with Crippen molar-refractivity contribution in [2.45, 2.75) is 26.8 Å². The number of halogens is 2. The van der Waals surface area contributed by atoms with Gasteiger partial charge in [0.05, 0.1) is 28.3 Å². The second kappa shape index (κ2) is 8.71. The first-order valence-corrected chi connectivity index (χ1v) is 8.84. The third-order valence-electron chi connectivity index (χ3n) is 4.12. The minimum absolute atomic E-state index is 0.0975. The largest absolute Gasteiger partial charge is 0.454 e. The molecule has 1 aromatic heterocycles. The lowest BCUT2D eigenvalue weighted by Gasteiger charge is -2.17. The van der Waals surface area contributed by atoms with Crippen LogP contribution in [0.25, 0.3) is 0 Å². The normalized spacial score (nSPS) is 12.1. The fourth-order valence-corrected chi connectivity index (χ4v) is 3.27. The van der Waals surface area contributed by atoms with Gasteiger partial charge in [0.25, 0.3) is 0 Å². The van der Waals surface area contributed by atoms with Gasteiger partial charge in [-0.15, -0.1) is 0 Å². The van der Waals surface area contributed by atoms with Crippen molar-refractivity contribution in [1.82, 2.24) is 4.57 Å². The van der Waals surface area contributed by atoms with Gasteiger partial charge in [0.1, 0.15) is 0 Å². The molecule has 2 rings (SSSR count). The molecule has 0 aliphatic carbocycles. The topological polar surface area (TPSA) is 57.5 Å². The Morgan fingerprint density at radius 1 is 1.15 bits per heavy atom. The second-order valence-corrected chi connectivity index (χ2v) is 6.90. The number of hydrogen-bond donors (Lipinski definition) is 0. The highest BCUT2D eigenvalue weighted by molar-refractivity contribution is 6.42. The van der Waals surface area contributed by atoms with Gasteiger partial charge >= 0.3 is 5.97 Å². The predicted molar refractivity (Wildman–Crippen MR) is 102 cm³/mol. The van der Waals surface area contributed by atoms with Crippen molar-refractivity contribution in [1.29, 1.82) is 0 Å². The Morgan fingerprint density at radius 2 is 1.85 bits per heavy atom. The number of methoxy groups -OCH3 is 1. The van der Waals surface area contributed by atoms with Crippen LogP contribution in [0.4, 0.5) is 0 Å². The lowest BCUT2D eigenvalue weighted by atomic mass is 10.1. The molecule has 7 heteroatoms. The van der Waals surface area contributed by atoms with Crippen molar-refractivity contribution < 1.29 is 19.1 Å². The van der Waals surface area contributed by atoms with E-state index in [1.807, 2.05) is 25.3 Å². The van der Waals surface area contributed by atoms with Crippen molar-refractivity contribution in [2.24, 2.45) is 0 Å². The highest BCUT2D eigenvalue weighted by atomic mass is 35.5.